The Balaban J connectivity index is 1.96. The molecule has 1 atom stereocenters. The van der Waals surface area contributed by atoms with Gasteiger partial charge in [0.1, 0.15) is 12.4 Å². The molecule has 2 aromatic rings. The first-order chi connectivity index (χ1) is 12.6. The van der Waals surface area contributed by atoms with Gasteiger partial charge in [-0.15, -0.1) is 0 Å². The van der Waals surface area contributed by atoms with E-state index in [0.29, 0.717) is 0 Å². The van der Waals surface area contributed by atoms with E-state index in [-0.39, 0.29) is 37.1 Å². The van der Waals surface area contributed by atoms with Crippen molar-refractivity contribution >= 4 is 17.8 Å². The van der Waals surface area contributed by atoms with Gasteiger partial charge in [-0.05, 0) is 18.1 Å². The minimum atomic E-state index is -0.639. The fourth-order valence-electron chi connectivity index (χ4n) is 3.33. The molecule has 0 aromatic heterocycles. The zero-order valence-electron chi connectivity index (χ0n) is 14.6. The molecule has 5 heteroatoms. The first-order valence-electron chi connectivity index (χ1n) is 8.66. The van der Waals surface area contributed by atoms with Crippen molar-refractivity contribution in [1.82, 2.24) is 4.90 Å². The van der Waals surface area contributed by atoms with Gasteiger partial charge < -0.3 is 9.53 Å². The average molecular weight is 351 g/mol. The zero-order valence-corrected chi connectivity index (χ0v) is 14.6. The molecule has 3 rings (SSSR count). The van der Waals surface area contributed by atoms with E-state index >= 15 is 0 Å². The maximum Gasteiger partial charge on any atom is 0.417 e. The molecular weight excluding hydrogens is 330 g/mol. The van der Waals surface area contributed by atoms with Gasteiger partial charge in [0.15, 0.2) is 0 Å². The highest BCUT2D eigenvalue weighted by molar-refractivity contribution is 5.95. The summed E-state index contributed by atoms with van der Waals surface area (Å²) in [6, 6.07) is 19.1. The van der Waals surface area contributed by atoms with Crippen LogP contribution in [0.5, 0.6) is 0 Å². The summed E-state index contributed by atoms with van der Waals surface area (Å²) < 4.78 is 5.21. The van der Waals surface area contributed by atoms with Gasteiger partial charge in [0.25, 0.3) is 0 Å². The van der Waals surface area contributed by atoms with E-state index in [4.69, 9.17) is 4.74 Å². The molecule has 1 saturated heterocycles. The van der Waals surface area contributed by atoms with Gasteiger partial charge in [-0.3, -0.25) is 4.79 Å². The Morgan fingerprint density at radius 3 is 2.04 bits per heavy atom. The van der Waals surface area contributed by atoms with Gasteiger partial charge in [-0.1, -0.05) is 60.7 Å². The molecule has 1 heterocycles. The number of nitrogens with zero attached hydrogens (tertiary/aromatic N) is 1. The molecule has 0 aliphatic carbocycles. The van der Waals surface area contributed by atoms with E-state index in [2.05, 4.69) is 0 Å². The van der Waals surface area contributed by atoms with E-state index < -0.39 is 12.1 Å². The largest absolute Gasteiger partial charge is 0.447 e. The normalized spacial score (nSPS) is 16.6. The van der Waals surface area contributed by atoms with E-state index in [9.17, 15) is 14.4 Å². The SMILES string of the molecule is CC(=O)CCC(=O)N1C(=O)OC[C@H]1C(c1ccccc1)c1ccccc1. The van der Waals surface area contributed by atoms with Crippen molar-refractivity contribution < 1.29 is 19.1 Å². The van der Waals surface area contributed by atoms with Gasteiger partial charge in [0.05, 0.1) is 6.04 Å². The third-order valence-corrected chi connectivity index (χ3v) is 4.57. The van der Waals surface area contributed by atoms with Crippen LogP contribution in [0.2, 0.25) is 0 Å². The van der Waals surface area contributed by atoms with E-state index in [1.54, 1.807) is 0 Å². The molecule has 1 fully saturated rings. The Morgan fingerprint density at radius 1 is 1.00 bits per heavy atom. The minimum absolute atomic E-state index is 0.0111. The third-order valence-electron chi connectivity index (χ3n) is 4.57. The number of benzene rings is 2. The van der Waals surface area contributed by atoms with Gasteiger partial charge >= 0.3 is 6.09 Å². The van der Waals surface area contributed by atoms with Crippen LogP contribution >= 0.6 is 0 Å². The van der Waals surface area contributed by atoms with Crippen LogP contribution in [0.4, 0.5) is 4.79 Å². The fourth-order valence-corrected chi connectivity index (χ4v) is 3.33. The summed E-state index contributed by atoms with van der Waals surface area (Å²) in [6.45, 7) is 1.57. The lowest BCUT2D eigenvalue weighted by atomic mass is 9.84. The lowest BCUT2D eigenvalue weighted by Crippen LogP contribution is -2.42. The number of rotatable bonds is 6. The molecule has 0 unspecified atom stereocenters. The molecule has 134 valence electrons. The summed E-state index contributed by atoms with van der Waals surface area (Å²) in [7, 11) is 0. The average Bonchev–Trinajstić information content (AvgIpc) is 3.03. The topological polar surface area (TPSA) is 63.7 Å². The first-order valence-corrected chi connectivity index (χ1v) is 8.66. The summed E-state index contributed by atoms with van der Waals surface area (Å²) in [5.41, 5.74) is 2.01. The number of ether oxygens (including phenoxy) is 1. The molecule has 26 heavy (non-hydrogen) atoms. The number of Topliss-reactive ketones (excluding diaryl/α,β-unsaturated/α-hetero) is 1. The van der Waals surface area contributed by atoms with Crippen molar-refractivity contribution in [3.05, 3.63) is 71.8 Å². The minimum Gasteiger partial charge on any atom is -0.447 e. The molecule has 0 saturated carbocycles. The van der Waals surface area contributed by atoms with Crippen LogP contribution in [0.15, 0.2) is 60.7 Å². The van der Waals surface area contributed by atoms with Crippen LogP contribution in [0.3, 0.4) is 0 Å². The predicted octanol–water partition coefficient (Wildman–Crippen LogP) is 3.54. The summed E-state index contributed by atoms with van der Waals surface area (Å²) in [6.07, 6.45) is -0.506. The second-order valence-electron chi connectivity index (χ2n) is 6.41. The smallest absolute Gasteiger partial charge is 0.417 e. The molecule has 1 aliphatic heterocycles. The predicted molar refractivity (Wildman–Crippen MR) is 96.6 cm³/mol. The van der Waals surface area contributed by atoms with Gasteiger partial charge in [0, 0.05) is 18.8 Å². The highest BCUT2D eigenvalue weighted by atomic mass is 16.6. The number of carbonyl (C=O) groups excluding carboxylic acids is 3. The summed E-state index contributed by atoms with van der Waals surface area (Å²) in [5, 5.41) is 0. The van der Waals surface area contributed by atoms with Crippen LogP contribution in [-0.2, 0) is 14.3 Å². The lowest BCUT2D eigenvalue weighted by Gasteiger charge is -2.28. The van der Waals surface area contributed by atoms with Crippen LogP contribution in [0, 0.1) is 0 Å². The van der Waals surface area contributed by atoms with Crippen LogP contribution in [-0.4, -0.2) is 35.3 Å². The number of cyclic esters (lactones) is 1. The number of hydrogen-bond donors (Lipinski definition) is 0. The second-order valence-corrected chi connectivity index (χ2v) is 6.41. The van der Waals surface area contributed by atoms with E-state index in [1.165, 1.54) is 11.8 Å². The summed E-state index contributed by atoms with van der Waals surface area (Å²) in [5.74, 6) is -0.639. The van der Waals surface area contributed by atoms with Crippen LogP contribution in [0.1, 0.15) is 36.8 Å². The quantitative estimate of drug-likeness (QED) is 0.799. The Hall–Kier alpha value is -2.95. The van der Waals surface area contributed by atoms with Crippen molar-refractivity contribution in [2.75, 3.05) is 6.61 Å². The molecule has 5 nitrogen and oxygen atoms in total. The second kappa shape index (κ2) is 7.95. The maximum atomic E-state index is 12.6. The fraction of sp³-hybridized carbons (Fsp3) is 0.286. The monoisotopic (exact) mass is 351 g/mol. The first kappa shape index (κ1) is 17.9. The molecule has 1 aliphatic rings. The summed E-state index contributed by atoms with van der Waals surface area (Å²) in [4.78, 5) is 37.3. The van der Waals surface area contributed by atoms with Gasteiger partial charge in [0.2, 0.25) is 5.91 Å². The number of carbonyl (C=O) groups is 3. The third kappa shape index (κ3) is 3.82. The zero-order chi connectivity index (χ0) is 18.5. The summed E-state index contributed by atoms with van der Waals surface area (Å²) >= 11 is 0. The van der Waals surface area contributed by atoms with Crippen molar-refractivity contribution in [2.24, 2.45) is 0 Å². The Bertz CT molecular complexity index is 749. The maximum absolute atomic E-state index is 12.6. The standard InChI is InChI=1S/C21H21NO4/c1-15(23)12-13-19(24)22-18(14-26-21(22)25)20(16-8-4-2-5-9-16)17-10-6-3-7-11-17/h2-11,18,20H,12-14H2,1H3/t18-/m0/s1. The Morgan fingerprint density at radius 2 is 1.54 bits per heavy atom. The van der Waals surface area contributed by atoms with E-state index in [0.717, 1.165) is 11.1 Å². The molecule has 2 aromatic carbocycles. The highest BCUT2D eigenvalue weighted by Gasteiger charge is 2.43. The van der Waals surface area contributed by atoms with Crippen LogP contribution < -0.4 is 0 Å². The lowest BCUT2D eigenvalue weighted by molar-refractivity contribution is -0.131. The molecule has 2 amide bonds. The van der Waals surface area contributed by atoms with E-state index in [1.807, 2.05) is 60.7 Å². The van der Waals surface area contributed by atoms with Crippen LogP contribution in [0.25, 0.3) is 0 Å². The number of amides is 2. The van der Waals surface area contributed by atoms with Crippen molar-refractivity contribution in [3.8, 4) is 0 Å². The Kier molecular flexibility index (Phi) is 5.46. The molecular formula is C21H21NO4. The highest BCUT2D eigenvalue weighted by Crippen LogP contribution is 2.34. The Labute approximate surface area is 152 Å². The van der Waals surface area contributed by atoms with Crippen molar-refractivity contribution in [2.45, 2.75) is 31.7 Å². The molecule has 0 bridgehead atoms. The number of imide groups is 1. The molecule has 0 radical (unpaired) electrons. The molecule has 0 N–H and O–H groups in total. The molecule has 0 spiro atoms. The van der Waals surface area contributed by atoms with Crippen molar-refractivity contribution in [3.63, 3.8) is 0 Å². The van der Waals surface area contributed by atoms with Gasteiger partial charge in [-0.2, -0.15) is 0 Å². The number of ketones is 1. The van der Waals surface area contributed by atoms with Gasteiger partial charge in [-0.25, -0.2) is 9.69 Å². The van der Waals surface area contributed by atoms with Crippen molar-refractivity contribution in [1.29, 1.82) is 0 Å². The number of hydrogen-bond acceptors (Lipinski definition) is 4.